The number of hydrogen-bond donors (Lipinski definition) is 1. The summed E-state index contributed by atoms with van der Waals surface area (Å²) in [5.74, 6) is -0.165. The molecule has 1 aromatic carbocycles. The lowest BCUT2D eigenvalue weighted by molar-refractivity contribution is 0.102. The number of pyridine rings is 1. The molecule has 118 valence electrons. The van der Waals surface area contributed by atoms with Crippen LogP contribution in [0.3, 0.4) is 0 Å². The largest absolute Gasteiger partial charge is 0.319 e. The van der Waals surface area contributed by atoms with Gasteiger partial charge in [-0.1, -0.05) is 11.6 Å². The SMILES string of the molecule is Cc1ccc2nc(C)c(C(=O)Nc3cnn(C(C)C)c3)cc2c1. The fraction of sp³-hybridized carbons (Fsp3) is 0.278. The highest BCUT2D eigenvalue weighted by Crippen LogP contribution is 2.19. The maximum absolute atomic E-state index is 12.6. The second-order valence-corrected chi connectivity index (χ2v) is 6.07. The van der Waals surface area contributed by atoms with Crippen molar-refractivity contribution in [3.8, 4) is 0 Å². The summed E-state index contributed by atoms with van der Waals surface area (Å²) in [6, 6.07) is 8.19. The lowest BCUT2D eigenvalue weighted by Crippen LogP contribution is -2.14. The van der Waals surface area contributed by atoms with Gasteiger partial charge in [0.05, 0.1) is 28.7 Å². The zero-order valence-electron chi connectivity index (χ0n) is 13.8. The monoisotopic (exact) mass is 308 g/mol. The molecule has 2 heterocycles. The van der Waals surface area contributed by atoms with E-state index in [2.05, 4.69) is 15.4 Å². The van der Waals surface area contributed by atoms with Gasteiger partial charge in [-0.3, -0.25) is 14.5 Å². The number of aryl methyl sites for hydroxylation is 2. The van der Waals surface area contributed by atoms with Gasteiger partial charge in [0, 0.05) is 17.6 Å². The van der Waals surface area contributed by atoms with Crippen LogP contribution in [0.4, 0.5) is 5.69 Å². The molecule has 3 rings (SSSR count). The molecular weight excluding hydrogens is 288 g/mol. The number of amides is 1. The fourth-order valence-electron chi connectivity index (χ4n) is 2.51. The highest BCUT2D eigenvalue weighted by Gasteiger charge is 2.13. The maximum Gasteiger partial charge on any atom is 0.257 e. The van der Waals surface area contributed by atoms with Crippen LogP contribution in [-0.2, 0) is 0 Å². The van der Waals surface area contributed by atoms with Crippen molar-refractivity contribution in [2.24, 2.45) is 0 Å². The molecule has 0 radical (unpaired) electrons. The topological polar surface area (TPSA) is 59.8 Å². The van der Waals surface area contributed by atoms with Crippen molar-refractivity contribution in [3.05, 3.63) is 53.5 Å². The highest BCUT2D eigenvalue weighted by molar-refractivity contribution is 6.06. The summed E-state index contributed by atoms with van der Waals surface area (Å²) in [5.41, 5.74) is 4.04. The molecule has 1 N–H and O–H groups in total. The minimum Gasteiger partial charge on any atom is -0.319 e. The van der Waals surface area contributed by atoms with E-state index in [0.29, 0.717) is 11.3 Å². The lowest BCUT2D eigenvalue weighted by atomic mass is 10.1. The predicted octanol–water partition coefficient (Wildman–Crippen LogP) is 3.88. The molecule has 0 spiro atoms. The molecular formula is C18H20N4O. The Balaban J connectivity index is 1.91. The Morgan fingerprint density at radius 1 is 1.22 bits per heavy atom. The number of carbonyl (C=O) groups excluding carboxylic acids is 1. The van der Waals surface area contributed by atoms with Crippen molar-refractivity contribution in [1.82, 2.24) is 14.8 Å². The molecule has 0 aliphatic rings. The van der Waals surface area contributed by atoms with E-state index in [1.807, 2.05) is 62.8 Å². The van der Waals surface area contributed by atoms with Gasteiger partial charge in [-0.15, -0.1) is 0 Å². The average molecular weight is 308 g/mol. The van der Waals surface area contributed by atoms with Gasteiger partial charge in [-0.25, -0.2) is 0 Å². The van der Waals surface area contributed by atoms with Gasteiger partial charge in [0.1, 0.15) is 0 Å². The Morgan fingerprint density at radius 2 is 2.00 bits per heavy atom. The maximum atomic E-state index is 12.6. The molecule has 5 nitrogen and oxygen atoms in total. The van der Waals surface area contributed by atoms with Crippen LogP contribution in [0.5, 0.6) is 0 Å². The van der Waals surface area contributed by atoms with Crippen molar-refractivity contribution in [1.29, 1.82) is 0 Å². The number of fused-ring (bicyclic) bond motifs is 1. The minimum atomic E-state index is -0.165. The summed E-state index contributed by atoms with van der Waals surface area (Å²) in [4.78, 5) is 17.1. The van der Waals surface area contributed by atoms with Crippen molar-refractivity contribution in [3.63, 3.8) is 0 Å². The molecule has 0 bridgehead atoms. The second-order valence-electron chi connectivity index (χ2n) is 6.07. The van der Waals surface area contributed by atoms with Gasteiger partial charge in [0.25, 0.3) is 5.91 Å². The summed E-state index contributed by atoms with van der Waals surface area (Å²) in [6.07, 6.45) is 3.49. The molecule has 0 fully saturated rings. The first-order chi connectivity index (χ1) is 10.9. The Kier molecular flexibility index (Phi) is 3.86. The lowest BCUT2D eigenvalue weighted by Gasteiger charge is -2.08. The van der Waals surface area contributed by atoms with Crippen LogP contribution in [0, 0.1) is 13.8 Å². The molecule has 0 aliphatic heterocycles. The van der Waals surface area contributed by atoms with Crippen molar-refractivity contribution < 1.29 is 4.79 Å². The zero-order valence-corrected chi connectivity index (χ0v) is 13.8. The Bertz CT molecular complexity index is 880. The minimum absolute atomic E-state index is 0.165. The van der Waals surface area contributed by atoms with Crippen LogP contribution < -0.4 is 5.32 Å². The van der Waals surface area contributed by atoms with Crippen LogP contribution in [-0.4, -0.2) is 20.7 Å². The number of hydrogen-bond acceptors (Lipinski definition) is 3. The first-order valence-corrected chi connectivity index (χ1v) is 7.67. The molecule has 0 unspecified atom stereocenters. The number of anilines is 1. The second kappa shape index (κ2) is 5.83. The molecule has 23 heavy (non-hydrogen) atoms. The molecule has 0 saturated carbocycles. The number of rotatable bonds is 3. The summed E-state index contributed by atoms with van der Waals surface area (Å²) in [7, 11) is 0. The highest BCUT2D eigenvalue weighted by atomic mass is 16.1. The summed E-state index contributed by atoms with van der Waals surface area (Å²) in [6.45, 7) is 7.96. The first kappa shape index (κ1) is 15.2. The van der Waals surface area contributed by atoms with E-state index in [1.165, 1.54) is 0 Å². The molecule has 0 atom stereocenters. The number of nitrogens with zero attached hydrogens (tertiary/aromatic N) is 3. The molecule has 3 aromatic rings. The summed E-state index contributed by atoms with van der Waals surface area (Å²) >= 11 is 0. The predicted molar refractivity (Wildman–Crippen MR) is 91.8 cm³/mol. The van der Waals surface area contributed by atoms with Gasteiger partial charge >= 0.3 is 0 Å². The van der Waals surface area contributed by atoms with E-state index in [-0.39, 0.29) is 11.9 Å². The van der Waals surface area contributed by atoms with Gasteiger partial charge in [0.2, 0.25) is 0 Å². The summed E-state index contributed by atoms with van der Waals surface area (Å²) < 4.78 is 1.81. The number of benzene rings is 1. The fourth-order valence-corrected chi connectivity index (χ4v) is 2.51. The molecule has 5 heteroatoms. The molecule has 2 aromatic heterocycles. The van der Waals surface area contributed by atoms with Crippen LogP contribution in [0.2, 0.25) is 0 Å². The van der Waals surface area contributed by atoms with Crippen LogP contribution in [0.1, 0.15) is 41.5 Å². The first-order valence-electron chi connectivity index (χ1n) is 7.67. The number of nitrogens with one attached hydrogen (secondary N) is 1. The third-order valence-corrected chi connectivity index (χ3v) is 3.79. The third kappa shape index (κ3) is 3.08. The van der Waals surface area contributed by atoms with Gasteiger partial charge in [-0.2, -0.15) is 5.10 Å². The van der Waals surface area contributed by atoms with Crippen LogP contribution >= 0.6 is 0 Å². The smallest absolute Gasteiger partial charge is 0.257 e. The van der Waals surface area contributed by atoms with Gasteiger partial charge < -0.3 is 5.32 Å². The molecule has 0 aliphatic carbocycles. The van der Waals surface area contributed by atoms with E-state index >= 15 is 0 Å². The quantitative estimate of drug-likeness (QED) is 0.798. The van der Waals surface area contributed by atoms with E-state index in [0.717, 1.165) is 22.2 Å². The molecule has 0 saturated heterocycles. The van der Waals surface area contributed by atoms with Crippen molar-refractivity contribution >= 4 is 22.5 Å². The van der Waals surface area contributed by atoms with Crippen LogP contribution in [0.25, 0.3) is 10.9 Å². The number of aromatic nitrogens is 3. The van der Waals surface area contributed by atoms with E-state index in [9.17, 15) is 4.79 Å². The number of carbonyl (C=O) groups is 1. The van der Waals surface area contributed by atoms with Gasteiger partial charge in [-0.05, 0) is 45.9 Å². The third-order valence-electron chi connectivity index (χ3n) is 3.79. The van der Waals surface area contributed by atoms with E-state index in [1.54, 1.807) is 6.20 Å². The van der Waals surface area contributed by atoms with Crippen molar-refractivity contribution in [2.75, 3.05) is 5.32 Å². The standard InChI is InChI=1S/C18H20N4O/c1-11(2)22-10-15(9-19-22)21-18(23)16-8-14-7-12(3)5-6-17(14)20-13(16)4/h5-11H,1-4H3,(H,21,23). The van der Waals surface area contributed by atoms with Crippen LogP contribution in [0.15, 0.2) is 36.7 Å². The van der Waals surface area contributed by atoms with E-state index < -0.39 is 0 Å². The normalized spacial score (nSPS) is 11.2. The summed E-state index contributed by atoms with van der Waals surface area (Å²) in [5, 5.41) is 8.10. The Labute approximate surface area is 135 Å². The Morgan fingerprint density at radius 3 is 2.70 bits per heavy atom. The van der Waals surface area contributed by atoms with Gasteiger partial charge in [0.15, 0.2) is 0 Å². The molecule has 1 amide bonds. The zero-order chi connectivity index (χ0) is 16.6. The Hall–Kier alpha value is -2.69. The van der Waals surface area contributed by atoms with E-state index in [4.69, 9.17) is 0 Å². The average Bonchev–Trinajstić information content (AvgIpc) is 2.95. The van der Waals surface area contributed by atoms with Crippen molar-refractivity contribution in [2.45, 2.75) is 33.7 Å².